The molecule has 0 bridgehead atoms. The van der Waals surface area contributed by atoms with E-state index in [0.717, 1.165) is 12.1 Å². The van der Waals surface area contributed by atoms with Gasteiger partial charge in [-0.15, -0.1) is 0 Å². The van der Waals surface area contributed by atoms with Crippen LogP contribution in [0.4, 0.5) is 0 Å². The summed E-state index contributed by atoms with van der Waals surface area (Å²) in [4.78, 5) is 6.47. The van der Waals surface area contributed by atoms with Gasteiger partial charge in [-0.3, -0.25) is 4.90 Å². The van der Waals surface area contributed by atoms with Crippen LogP contribution in [0.2, 0.25) is 0 Å². The minimum absolute atomic E-state index is 0.109. The van der Waals surface area contributed by atoms with Crippen molar-refractivity contribution >= 4 is 10.2 Å². The van der Waals surface area contributed by atoms with Crippen molar-refractivity contribution in [3.63, 3.8) is 0 Å². The van der Waals surface area contributed by atoms with Crippen LogP contribution in [0.25, 0.3) is 0 Å². The Hall–Kier alpha value is -1.26. The molecule has 0 unspecified atom stereocenters. The van der Waals surface area contributed by atoms with Crippen LogP contribution >= 0.6 is 0 Å². The number of hydrogen-bond acceptors (Lipinski definition) is 6. The van der Waals surface area contributed by atoms with Gasteiger partial charge in [0.15, 0.2) is 0 Å². The number of methoxy groups -OCH3 is 1. The number of rotatable bonds is 5. The lowest BCUT2D eigenvalue weighted by Gasteiger charge is -2.50. The first-order chi connectivity index (χ1) is 12.3. The van der Waals surface area contributed by atoms with Gasteiger partial charge in [-0.25, -0.2) is 4.98 Å². The lowest BCUT2D eigenvalue weighted by atomic mass is 9.76. The first-order valence-electron chi connectivity index (χ1n) is 8.86. The fraction of sp³-hybridized carbons (Fsp3) is 0.706. The summed E-state index contributed by atoms with van der Waals surface area (Å²) in [6.07, 6.45) is 2.83. The molecule has 8 nitrogen and oxygen atoms in total. The average Bonchev–Trinajstić information content (AvgIpc) is 2.61. The monoisotopic (exact) mass is 384 g/mol. The highest BCUT2D eigenvalue weighted by Crippen LogP contribution is 2.37. The third kappa shape index (κ3) is 3.72. The number of pyridine rings is 1. The summed E-state index contributed by atoms with van der Waals surface area (Å²) in [5.74, 6) is 0.496. The van der Waals surface area contributed by atoms with Crippen molar-refractivity contribution in [2.24, 2.45) is 5.92 Å². The van der Waals surface area contributed by atoms with Gasteiger partial charge in [0.25, 0.3) is 10.2 Å². The van der Waals surface area contributed by atoms with Gasteiger partial charge in [-0.2, -0.15) is 17.0 Å². The zero-order chi connectivity index (χ0) is 18.9. The van der Waals surface area contributed by atoms with Crippen molar-refractivity contribution in [3.8, 4) is 5.88 Å². The molecular formula is C17H28N4O4S. The van der Waals surface area contributed by atoms with Crippen LogP contribution < -0.4 is 4.74 Å². The van der Waals surface area contributed by atoms with Crippen molar-refractivity contribution < 1.29 is 18.3 Å². The topological polar surface area (TPSA) is 86.2 Å². The van der Waals surface area contributed by atoms with E-state index in [0.29, 0.717) is 44.9 Å². The summed E-state index contributed by atoms with van der Waals surface area (Å²) >= 11 is 0. The van der Waals surface area contributed by atoms with E-state index in [1.807, 2.05) is 12.1 Å². The molecule has 1 N–H and O–H groups in total. The average molecular weight is 385 g/mol. The Kier molecular flexibility index (Phi) is 5.55. The second kappa shape index (κ2) is 7.40. The van der Waals surface area contributed by atoms with E-state index in [9.17, 15) is 13.5 Å². The maximum Gasteiger partial charge on any atom is 0.281 e. The maximum atomic E-state index is 12.5. The minimum Gasteiger partial charge on any atom is -0.481 e. The molecule has 2 aliphatic rings. The second-order valence-electron chi connectivity index (χ2n) is 7.36. The Balaban J connectivity index is 1.72. The van der Waals surface area contributed by atoms with Crippen molar-refractivity contribution in [2.75, 3.05) is 47.4 Å². The minimum atomic E-state index is -3.46. The van der Waals surface area contributed by atoms with E-state index >= 15 is 0 Å². The number of nitrogens with zero attached hydrogens (tertiary/aromatic N) is 4. The zero-order valence-electron chi connectivity index (χ0n) is 15.6. The molecule has 3 rings (SSSR count). The number of fused-ring (bicyclic) bond motifs is 1. The molecule has 1 aromatic rings. The van der Waals surface area contributed by atoms with Gasteiger partial charge in [0, 0.05) is 64.5 Å². The smallest absolute Gasteiger partial charge is 0.281 e. The third-order valence-corrected chi connectivity index (χ3v) is 7.45. The molecule has 0 aromatic carbocycles. The summed E-state index contributed by atoms with van der Waals surface area (Å²) in [5, 5.41) is 11.0. The molecule has 2 aliphatic heterocycles. The standard InChI is InChI=1S/C17H28N4O4S/c1-19(2)26(23,24)21-10-7-17(22)6-9-20(12-15(17)13-21)11-14-5-4-8-18-16(14)25-3/h4-5,8,15,22H,6-7,9-13H2,1-3H3/t15-,17-/m0/s1. The molecule has 0 amide bonds. The van der Waals surface area contributed by atoms with E-state index in [2.05, 4.69) is 9.88 Å². The lowest BCUT2D eigenvalue weighted by molar-refractivity contribution is -0.103. The molecule has 0 aliphatic carbocycles. The molecule has 146 valence electrons. The molecule has 26 heavy (non-hydrogen) atoms. The predicted molar refractivity (Wildman–Crippen MR) is 97.9 cm³/mol. The fourth-order valence-electron chi connectivity index (χ4n) is 3.89. The van der Waals surface area contributed by atoms with Crippen LogP contribution in [-0.2, 0) is 16.8 Å². The van der Waals surface area contributed by atoms with Gasteiger partial charge in [0.2, 0.25) is 5.88 Å². The Morgan fingerprint density at radius 3 is 2.77 bits per heavy atom. The van der Waals surface area contributed by atoms with Gasteiger partial charge in [0.1, 0.15) is 0 Å². The molecule has 0 radical (unpaired) electrons. The van der Waals surface area contributed by atoms with Crippen LogP contribution in [0.1, 0.15) is 18.4 Å². The number of aromatic nitrogens is 1. The first kappa shape index (κ1) is 19.5. The van der Waals surface area contributed by atoms with Crippen molar-refractivity contribution in [2.45, 2.75) is 25.0 Å². The summed E-state index contributed by atoms with van der Waals surface area (Å²) < 4.78 is 32.9. The molecule has 3 heterocycles. The van der Waals surface area contributed by atoms with E-state index in [1.54, 1.807) is 13.3 Å². The Morgan fingerprint density at radius 2 is 2.08 bits per heavy atom. The zero-order valence-corrected chi connectivity index (χ0v) is 16.4. The number of aliphatic hydroxyl groups is 1. The van der Waals surface area contributed by atoms with E-state index in [-0.39, 0.29) is 5.92 Å². The summed E-state index contributed by atoms with van der Waals surface area (Å²) in [7, 11) is 1.23. The SMILES string of the molecule is COc1ncccc1CN1CC[C@]2(O)CCN(S(=O)(=O)N(C)C)C[C@@H]2C1. The van der Waals surface area contributed by atoms with Gasteiger partial charge in [-0.1, -0.05) is 6.07 Å². The second-order valence-corrected chi connectivity index (χ2v) is 9.50. The van der Waals surface area contributed by atoms with Crippen LogP contribution in [0.15, 0.2) is 18.3 Å². The molecule has 0 saturated carbocycles. The Labute approximate surface area is 155 Å². The van der Waals surface area contributed by atoms with E-state index in [4.69, 9.17) is 4.74 Å². The molecule has 2 fully saturated rings. The normalized spacial score (nSPS) is 28.1. The van der Waals surface area contributed by atoms with E-state index in [1.165, 1.54) is 22.7 Å². The van der Waals surface area contributed by atoms with Gasteiger partial charge in [0.05, 0.1) is 12.7 Å². The molecule has 1 aromatic heterocycles. The summed E-state index contributed by atoms with van der Waals surface area (Å²) in [6, 6.07) is 3.86. The molecule has 2 atom stereocenters. The number of hydrogen-bond donors (Lipinski definition) is 1. The largest absolute Gasteiger partial charge is 0.481 e. The lowest BCUT2D eigenvalue weighted by Crippen LogP contribution is -2.61. The molecular weight excluding hydrogens is 356 g/mol. The predicted octanol–water partition coefficient (Wildman–Crippen LogP) is 0.155. The van der Waals surface area contributed by atoms with Crippen LogP contribution in [0.5, 0.6) is 5.88 Å². The molecule has 2 saturated heterocycles. The van der Waals surface area contributed by atoms with Crippen molar-refractivity contribution in [1.29, 1.82) is 0 Å². The molecule has 0 spiro atoms. The van der Waals surface area contributed by atoms with Gasteiger partial charge >= 0.3 is 0 Å². The van der Waals surface area contributed by atoms with Crippen LogP contribution in [-0.4, -0.2) is 85.0 Å². The highest BCUT2D eigenvalue weighted by molar-refractivity contribution is 7.86. The number of piperidine rings is 2. The summed E-state index contributed by atoms with van der Waals surface area (Å²) in [5.41, 5.74) is 0.211. The Morgan fingerprint density at radius 1 is 1.35 bits per heavy atom. The first-order valence-corrected chi connectivity index (χ1v) is 10.3. The Bertz CT molecular complexity index is 742. The number of likely N-dealkylation sites (tertiary alicyclic amines) is 1. The number of ether oxygens (including phenoxy) is 1. The quantitative estimate of drug-likeness (QED) is 0.778. The third-order valence-electron chi connectivity index (χ3n) is 5.54. The van der Waals surface area contributed by atoms with Crippen LogP contribution in [0.3, 0.4) is 0 Å². The maximum absolute atomic E-state index is 12.5. The van der Waals surface area contributed by atoms with Crippen LogP contribution in [0, 0.1) is 5.92 Å². The highest BCUT2D eigenvalue weighted by Gasteiger charge is 2.47. The van der Waals surface area contributed by atoms with Gasteiger partial charge < -0.3 is 9.84 Å². The summed E-state index contributed by atoms with van der Waals surface area (Å²) in [6.45, 7) is 2.80. The highest BCUT2D eigenvalue weighted by atomic mass is 32.2. The van der Waals surface area contributed by atoms with Crippen molar-refractivity contribution in [1.82, 2.24) is 18.5 Å². The van der Waals surface area contributed by atoms with Gasteiger partial charge in [-0.05, 0) is 18.9 Å². The van der Waals surface area contributed by atoms with E-state index < -0.39 is 15.8 Å². The fourth-order valence-corrected chi connectivity index (χ4v) is 5.05. The molecule has 9 heteroatoms. The van der Waals surface area contributed by atoms with Crippen molar-refractivity contribution in [3.05, 3.63) is 23.9 Å².